The van der Waals surface area contributed by atoms with Gasteiger partial charge in [-0.15, -0.1) is 5.10 Å². The number of carbonyl (C=O) groups is 1. The van der Waals surface area contributed by atoms with Crippen molar-refractivity contribution in [2.45, 2.75) is 38.8 Å². The van der Waals surface area contributed by atoms with Crippen LogP contribution in [-0.2, 0) is 6.54 Å². The fraction of sp³-hybridized carbons (Fsp3) is 0.500. The maximum absolute atomic E-state index is 12.4. The van der Waals surface area contributed by atoms with Crippen molar-refractivity contribution in [3.05, 3.63) is 36.3 Å². The average molecular weight is 314 g/mol. The van der Waals surface area contributed by atoms with E-state index in [1.807, 2.05) is 23.0 Å². The van der Waals surface area contributed by atoms with E-state index in [1.165, 1.54) is 0 Å². The van der Waals surface area contributed by atoms with Crippen molar-refractivity contribution in [3.8, 4) is 0 Å². The van der Waals surface area contributed by atoms with Crippen LogP contribution in [-0.4, -0.2) is 45.0 Å². The van der Waals surface area contributed by atoms with Crippen molar-refractivity contribution < 1.29 is 4.79 Å². The SMILES string of the molecule is CCCn1cc(C(=O)N[C@@H]2CCCN(c3cccnn3)C2)cn1. The number of aromatic nitrogens is 4. The summed E-state index contributed by atoms with van der Waals surface area (Å²) in [6.45, 7) is 4.62. The average Bonchev–Trinajstić information content (AvgIpc) is 3.05. The Morgan fingerprint density at radius 2 is 2.39 bits per heavy atom. The predicted molar refractivity (Wildman–Crippen MR) is 87.3 cm³/mol. The number of anilines is 1. The Morgan fingerprint density at radius 1 is 1.48 bits per heavy atom. The first-order valence-electron chi connectivity index (χ1n) is 8.12. The molecule has 1 atom stereocenters. The number of carbonyl (C=O) groups excluding carboxylic acids is 1. The third-order valence-electron chi connectivity index (χ3n) is 3.99. The van der Waals surface area contributed by atoms with Crippen molar-refractivity contribution in [2.24, 2.45) is 0 Å². The number of nitrogens with zero attached hydrogens (tertiary/aromatic N) is 5. The van der Waals surface area contributed by atoms with Crippen LogP contribution in [0.15, 0.2) is 30.7 Å². The summed E-state index contributed by atoms with van der Waals surface area (Å²) in [7, 11) is 0. The summed E-state index contributed by atoms with van der Waals surface area (Å²) >= 11 is 0. The summed E-state index contributed by atoms with van der Waals surface area (Å²) in [5.41, 5.74) is 0.620. The minimum atomic E-state index is -0.0571. The van der Waals surface area contributed by atoms with Crippen LogP contribution in [0.2, 0.25) is 0 Å². The first kappa shape index (κ1) is 15.5. The van der Waals surface area contributed by atoms with Crippen LogP contribution in [0.5, 0.6) is 0 Å². The lowest BCUT2D eigenvalue weighted by atomic mass is 10.1. The first-order valence-corrected chi connectivity index (χ1v) is 8.12. The zero-order valence-corrected chi connectivity index (χ0v) is 13.4. The molecule has 1 saturated heterocycles. The van der Waals surface area contributed by atoms with E-state index in [1.54, 1.807) is 12.4 Å². The standard InChI is InChI=1S/C16H22N6O/c1-2-8-22-11-13(10-18-22)16(23)19-14-5-4-9-21(12-14)15-6-3-7-17-20-15/h3,6-7,10-11,14H,2,4-5,8-9,12H2,1H3,(H,19,23)/t14-/m1/s1. The molecule has 0 aromatic carbocycles. The lowest BCUT2D eigenvalue weighted by molar-refractivity contribution is 0.0933. The Kier molecular flexibility index (Phi) is 4.85. The molecule has 7 heteroatoms. The van der Waals surface area contributed by atoms with Crippen LogP contribution in [0, 0.1) is 0 Å². The highest BCUT2D eigenvalue weighted by Crippen LogP contribution is 2.17. The van der Waals surface area contributed by atoms with E-state index in [0.717, 1.165) is 44.7 Å². The third-order valence-corrected chi connectivity index (χ3v) is 3.99. The Bertz CT molecular complexity index is 641. The largest absolute Gasteiger partial charge is 0.353 e. The molecule has 1 N–H and O–H groups in total. The fourth-order valence-electron chi connectivity index (χ4n) is 2.87. The molecular formula is C16H22N6O. The molecule has 0 bridgehead atoms. The van der Waals surface area contributed by atoms with Crippen LogP contribution in [0.3, 0.4) is 0 Å². The Labute approximate surface area is 135 Å². The number of hydrogen-bond donors (Lipinski definition) is 1. The van der Waals surface area contributed by atoms with Crippen LogP contribution >= 0.6 is 0 Å². The summed E-state index contributed by atoms with van der Waals surface area (Å²) < 4.78 is 1.81. The van der Waals surface area contributed by atoms with Crippen molar-refractivity contribution in [1.82, 2.24) is 25.3 Å². The summed E-state index contributed by atoms with van der Waals surface area (Å²) in [5, 5.41) is 15.4. The van der Waals surface area contributed by atoms with Gasteiger partial charge in [-0.25, -0.2) is 0 Å². The van der Waals surface area contributed by atoms with Gasteiger partial charge in [0.1, 0.15) is 0 Å². The van der Waals surface area contributed by atoms with Gasteiger partial charge in [0.05, 0.1) is 11.8 Å². The maximum atomic E-state index is 12.4. The molecule has 23 heavy (non-hydrogen) atoms. The van der Waals surface area contributed by atoms with Gasteiger partial charge in [0.2, 0.25) is 0 Å². The van der Waals surface area contributed by atoms with Crippen LogP contribution < -0.4 is 10.2 Å². The van der Waals surface area contributed by atoms with E-state index in [2.05, 4.69) is 32.4 Å². The topological polar surface area (TPSA) is 75.9 Å². The molecule has 2 aromatic rings. The second-order valence-corrected chi connectivity index (χ2v) is 5.83. The van der Waals surface area contributed by atoms with Crippen molar-refractivity contribution >= 4 is 11.7 Å². The van der Waals surface area contributed by atoms with E-state index in [-0.39, 0.29) is 11.9 Å². The van der Waals surface area contributed by atoms with Crippen LogP contribution in [0.4, 0.5) is 5.82 Å². The molecule has 1 amide bonds. The highest BCUT2D eigenvalue weighted by atomic mass is 16.1. The molecule has 122 valence electrons. The minimum Gasteiger partial charge on any atom is -0.353 e. The fourth-order valence-corrected chi connectivity index (χ4v) is 2.87. The summed E-state index contributed by atoms with van der Waals surface area (Å²) in [6, 6.07) is 3.95. The van der Waals surface area contributed by atoms with Gasteiger partial charge in [0, 0.05) is 38.1 Å². The van der Waals surface area contributed by atoms with Crippen molar-refractivity contribution in [3.63, 3.8) is 0 Å². The van der Waals surface area contributed by atoms with E-state index in [4.69, 9.17) is 0 Å². The quantitative estimate of drug-likeness (QED) is 0.905. The highest BCUT2D eigenvalue weighted by Gasteiger charge is 2.23. The minimum absolute atomic E-state index is 0.0571. The first-order chi connectivity index (χ1) is 11.3. The van der Waals surface area contributed by atoms with Crippen LogP contribution in [0.25, 0.3) is 0 Å². The van der Waals surface area contributed by atoms with Gasteiger partial charge in [-0.2, -0.15) is 10.2 Å². The molecule has 0 saturated carbocycles. The number of nitrogens with one attached hydrogen (secondary N) is 1. The summed E-state index contributed by atoms with van der Waals surface area (Å²) in [6.07, 6.45) is 8.11. The molecule has 3 rings (SSSR count). The van der Waals surface area contributed by atoms with Crippen molar-refractivity contribution in [1.29, 1.82) is 0 Å². The molecule has 1 aliphatic rings. The number of rotatable bonds is 5. The van der Waals surface area contributed by atoms with E-state index >= 15 is 0 Å². The maximum Gasteiger partial charge on any atom is 0.254 e. The molecule has 0 aliphatic carbocycles. The van der Waals surface area contributed by atoms with Gasteiger partial charge < -0.3 is 10.2 Å². The van der Waals surface area contributed by atoms with Gasteiger partial charge in [-0.3, -0.25) is 9.48 Å². The molecular weight excluding hydrogens is 292 g/mol. The number of aryl methyl sites for hydroxylation is 1. The zero-order valence-electron chi connectivity index (χ0n) is 13.4. The van der Waals surface area contributed by atoms with Gasteiger partial charge in [0.15, 0.2) is 5.82 Å². The van der Waals surface area contributed by atoms with E-state index < -0.39 is 0 Å². The van der Waals surface area contributed by atoms with Crippen molar-refractivity contribution in [2.75, 3.05) is 18.0 Å². The smallest absolute Gasteiger partial charge is 0.254 e. The van der Waals surface area contributed by atoms with Gasteiger partial charge in [-0.05, 0) is 31.4 Å². The number of amides is 1. The lowest BCUT2D eigenvalue weighted by Gasteiger charge is -2.33. The van der Waals surface area contributed by atoms with Crippen LogP contribution in [0.1, 0.15) is 36.5 Å². The second kappa shape index (κ2) is 7.21. The molecule has 0 radical (unpaired) electrons. The Balaban J connectivity index is 1.59. The molecule has 0 spiro atoms. The van der Waals surface area contributed by atoms with Gasteiger partial charge in [-0.1, -0.05) is 6.92 Å². The predicted octanol–water partition coefficient (Wildman–Crippen LogP) is 1.48. The summed E-state index contributed by atoms with van der Waals surface area (Å²) in [5.74, 6) is 0.806. The van der Waals surface area contributed by atoms with E-state index in [0.29, 0.717) is 5.56 Å². The third kappa shape index (κ3) is 3.85. The zero-order chi connectivity index (χ0) is 16.1. The highest BCUT2D eigenvalue weighted by molar-refractivity contribution is 5.93. The monoisotopic (exact) mass is 314 g/mol. The Hall–Kier alpha value is -2.44. The Morgan fingerprint density at radius 3 is 3.17 bits per heavy atom. The van der Waals surface area contributed by atoms with Gasteiger partial charge in [0.25, 0.3) is 5.91 Å². The van der Waals surface area contributed by atoms with E-state index in [9.17, 15) is 4.79 Å². The second-order valence-electron chi connectivity index (χ2n) is 5.83. The normalized spacial score (nSPS) is 18.0. The number of piperidine rings is 1. The lowest BCUT2D eigenvalue weighted by Crippen LogP contribution is -2.48. The molecule has 7 nitrogen and oxygen atoms in total. The molecule has 3 heterocycles. The molecule has 0 unspecified atom stereocenters. The molecule has 1 aliphatic heterocycles. The molecule has 2 aromatic heterocycles. The molecule has 1 fully saturated rings. The van der Waals surface area contributed by atoms with Gasteiger partial charge >= 0.3 is 0 Å². The summed E-state index contributed by atoms with van der Waals surface area (Å²) in [4.78, 5) is 14.5. The number of hydrogen-bond acceptors (Lipinski definition) is 5.